The lowest BCUT2D eigenvalue weighted by molar-refractivity contribution is 0.0307. The highest BCUT2D eigenvalue weighted by Crippen LogP contribution is 2.38. The van der Waals surface area contributed by atoms with Gasteiger partial charge in [-0.1, -0.05) is 59.6 Å². The van der Waals surface area contributed by atoms with Crippen molar-refractivity contribution < 1.29 is 14.2 Å². The van der Waals surface area contributed by atoms with Crippen molar-refractivity contribution in [2.75, 3.05) is 14.2 Å². The van der Waals surface area contributed by atoms with E-state index in [1.54, 1.807) is 14.2 Å². The summed E-state index contributed by atoms with van der Waals surface area (Å²) in [5.74, 6) is 1.67. The molecule has 0 aromatic heterocycles. The summed E-state index contributed by atoms with van der Waals surface area (Å²) in [6.07, 6.45) is -0.695. The van der Waals surface area contributed by atoms with Gasteiger partial charge in [-0.05, 0) is 95.8 Å². The van der Waals surface area contributed by atoms with Crippen LogP contribution in [0.3, 0.4) is 0 Å². The molecule has 0 heterocycles. The summed E-state index contributed by atoms with van der Waals surface area (Å²) in [6.45, 7) is 4.07. The van der Waals surface area contributed by atoms with E-state index in [1.807, 2.05) is 86.6 Å². The molecule has 0 saturated carbocycles. The molecule has 4 aromatic rings. The Morgan fingerprint density at radius 2 is 0.857 bits per heavy atom. The number of rotatable bonds is 8. The second-order valence-electron chi connectivity index (χ2n) is 8.46. The Kier molecular flexibility index (Phi) is 8.02. The first-order chi connectivity index (χ1) is 16.9. The van der Waals surface area contributed by atoms with E-state index in [-0.39, 0.29) is 12.2 Å². The van der Waals surface area contributed by atoms with E-state index in [9.17, 15) is 0 Å². The van der Waals surface area contributed by atoms with Gasteiger partial charge in [0.1, 0.15) is 23.7 Å². The van der Waals surface area contributed by atoms with Crippen molar-refractivity contribution in [3.63, 3.8) is 0 Å². The van der Waals surface area contributed by atoms with Crippen LogP contribution in [0.4, 0.5) is 0 Å². The maximum absolute atomic E-state index is 6.96. The fraction of sp³-hybridized carbons (Fsp3) is 0.200. The number of methoxy groups -OCH3 is 2. The zero-order chi connectivity index (χ0) is 24.9. The van der Waals surface area contributed by atoms with Gasteiger partial charge < -0.3 is 14.2 Å². The molecule has 0 fully saturated rings. The standard InChI is InChI=1S/C30H28Cl2O3/c1-19-17-23(9-15-27(19)33-3)29(21-5-11-25(31)12-6-21)35-30(22-7-13-26(32)14-8-22)24-10-16-28(34-4)20(2)18-24/h5-18,29-30H,1-4H3. The minimum atomic E-state index is -0.347. The molecule has 2 atom stereocenters. The molecule has 0 N–H and O–H groups in total. The molecule has 0 bridgehead atoms. The Bertz CT molecular complexity index is 1180. The SMILES string of the molecule is COc1ccc(C(OC(c2ccc(Cl)cc2)c2ccc(OC)c(C)c2)c2ccc(Cl)cc2)cc1C. The first-order valence-corrected chi connectivity index (χ1v) is 12.1. The molecule has 35 heavy (non-hydrogen) atoms. The highest BCUT2D eigenvalue weighted by molar-refractivity contribution is 6.30. The highest BCUT2D eigenvalue weighted by Gasteiger charge is 2.24. The van der Waals surface area contributed by atoms with Gasteiger partial charge in [-0.25, -0.2) is 0 Å². The highest BCUT2D eigenvalue weighted by atomic mass is 35.5. The molecule has 0 spiro atoms. The molecule has 180 valence electrons. The lowest BCUT2D eigenvalue weighted by atomic mass is 9.96. The number of aryl methyl sites for hydroxylation is 2. The van der Waals surface area contributed by atoms with Crippen LogP contribution in [0.2, 0.25) is 10.0 Å². The topological polar surface area (TPSA) is 27.7 Å². The predicted molar refractivity (Wildman–Crippen MR) is 143 cm³/mol. The number of benzene rings is 4. The fourth-order valence-corrected chi connectivity index (χ4v) is 4.49. The van der Waals surface area contributed by atoms with E-state index in [0.29, 0.717) is 10.0 Å². The van der Waals surface area contributed by atoms with Crippen molar-refractivity contribution in [2.24, 2.45) is 0 Å². The molecule has 0 amide bonds. The number of hydrogen-bond donors (Lipinski definition) is 0. The predicted octanol–water partition coefficient (Wildman–Crippen LogP) is 8.52. The molecule has 5 heteroatoms. The number of hydrogen-bond acceptors (Lipinski definition) is 3. The van der Waals surface area contributed by atoms with E-state index in [0.717, 1.165) is 44.9 Å². The minimum absolute atomic E-state index is 0.347. The van der Waals surface area contributed by atoms with Gasteiger partial charge in [0.25, 0.3) is 0 Å². The third-order valence-corrected chi connectivity index (χ3v) is 6.56. The Morgan fingerprint density at radius 1 is 0.514 bits per heavy atom. The van der Waals surface area contributed by atoms with Crippen LogP contribution in [0.1, 0.15) is 45.6 Å². The summed E-state index contributed by atoms with van der Waals surface area (Å²) < 4.78 is 17.9. The van der Waals surface area contributed by atoms with Crippen molar-refractivity contribution in [3.05, 3.63) is 128 Å². The molecule has 0 aliphatic heterocycles. The summed E-state index contributed by atoms with van der Waals surface area (Å²) in [7, 11) is 3.36. The average Bonchev–Trinajstić information content (AvgIpc) is 2.86. The largest absolute Gasteiger partial charge is 0.496 e. The molecular weight excluding hydrogens is 479 g/mol. The zero-order valence-corrected chi connectivity index (χ0v) is 21.7. The van der Waals surface area contributed by atoms with Crippen LogP contribution < -0.4 is 9.47 Å². The van der Waals surface area contributed by atoms with Crippen LogP contribution in [0.25, 0.3) is 0 Å². The van der Waals surface area contributed by atoms with E-state index >= 15 is 0 Å². The summed E-state index contributed by atoms with van der Waals surface area (Å²) in [5, 5.41) is 1.36. The van der Waals surface area contributed by atoms with Gasteiger partial charge in [-0.15, -0.1) is 0 Å². The Balaban J connectivity index is 1.83. The molecule has 3 nitrogen and oxygen atoms in total. The van der Waals surface area contributed by atoms with Gasteiger partial charge in [0, 0.05) is 10.0 Å². The Labute approximate surface area is 217 Å². The first kappa shape index (κ1) is 25.1. The second-order valence-corrected chi connectivity index (χ2v) is 9.33. The van der Waals surface area contributed by atoms with Crippen LogP contribution in [-0.2, 0) is 4.74 Å². The molecular formula is C30H28Cl2O3. The van der Waals surface area contributed by atoms with E-state index in [2.05, 4.69) is 12.1 Å². The van der Waals surface area contributed by atoms with Crippen molar-refractivity contribution in [2.45, 2.75) is 26.1 Å². The molecule has 0 aliphatic rings. The van der Waals surface area contributed by atoms with Crippen LogP contribution in [0.15, 0.2) is 84.9 Å². The molecule has 0 saturated heterocycles. The molecule has 2 unspecified atom stereocenters. The van der Waals surface area contributed by atoms with E-state index in [4.69, 9.17) is 37.4 Å². The quantitative estimate of drug-likeness (QED) is 0.239. The Morgan fingerprint density at radius 3 is 1.17 bits per heavy atom. The van der Waals surface area contributed by atoms with E-state index < -0.39 is 0 Å². The van der Waals surface area contributed by atoms with Gasteiger partial charge in [0.05, 0.1) is 14.2 Å². The molecule has 0 radical (unpaired) electrons. The molecule has 4 aromatic carbocycles. The fourth-order valence-electron chi connectivity index (χ4n) is 4.24. The smallest absolute Gasteiger partial charge is 0.121 e. The monoisotopic (exact) mass is 506 g/mol. The molecule has 4 rings (SSSR count). The van der Waals surface area contributed by atoms with Crippen LogP contribution >= 0.6 is 23.2 Å². The minimum Gasteiger partial charge on any atom is -0.496 e. The van der Waals surface area contributed by atoms with Crippen LogP contribution in [-0.4, -0.2) is 14.2 Å². The number of halogens is 2. The lowest BCUT2D eigenvalue weighted by Gasteiger charge is -2.27. The van der Waals surface area contributed by atoms with Crippen molar-refractivity contribution in [1.82, 2.24) is 0 Å². The summed E-state index contributed by atoms with van der Waals surface area (Å²) in [4.78, 5) is 0. The van der Waals surface area contributed by atoms with Gasteiger partial charge in [-0.2, -0.15) is 0 Å². The first-order valence-electron chi connectivity index (χ1n) is 11.3. The average molecular weight is 507 g/mol. The van der Waals surface area contributed by atoms with Crippen molar-refractivity contribution in [3.8, 4) is 11.5 Å². The molecule has 0 aliphatic carbocycles. The summed E-state index contributed by atoms with van der Waals surface area (Å²) in [6, 6.07) is 27.8. The third-order valence-electron chi connectivity index (χ3n) is 6.06. The van der Waals surface area contributed by atoms with Gasteiger partial charge in [-0.3, -0.25) is 0 Å². The Hall–Kier alpha value is -2.98. The van der Waals surface area contributed by atoms with Gasteiger partial charge >= 0.3 is 0 Å². The van der Waals surface area contributed by atoms with Crippen LogP contribution in [0.5, 0.6) is 11.5 Å². The van der Waals surface area contributed by atoms with Crippen molar-refractivity contribution in [1.29, 1.82) is 0 Å². The third kappa shape index (κ3) is 5.82. The van der Waals surface area contributed by atoms with Gasteiger partial charge in [0.15, 0.2) is 0 Å². The second kappa shape index (κ2) is 11.2. The normalized spacial score (nSPS) is 12.7. The summed E-state index contributed by atoms with van der Waals surface area (Å²) in [5.41, 5.74) is 6.13. The maximum Gasteiger partial charge on any atom is 0.121 e. The number of ether oxygens (including phenoxy) is 3. The van der Waals surface area contributed by atoms with Crippen molar-refractivity contribution >= 4 is 23.2 Å². The zero-order valence-electron chi connectivity index (χ0n) is 20.2. The van der Waals surface area contributed by atoms with Crippen LogP contribution in [0, 0.1) is 13.8 Å². The van der Waals surface area contributed by atoms with E-state index in [1.165, 1.54) is 0 Å². The maximum atomic E-state index is 6.96. The summed E-state index contributed by atoms with van der Waals surface area (Å²) >= 11 is 12.4. The lowest BCUT2D eigenvalue weighted by Crippen LogP contribution is -2.14. The van der Waals surface area contributed by atoms with Gasteiger partial charge in [0.2, 0.25) is 0 Å².